The van der Waals surface area contributed by atoms with Crippen LogP contribution in [0.25, 0.3) is 0 Å². The van der Waals surface area contributed by atoms with Crippen molar-refractivity contribution in [2.24, 2.45) is 29.1 Å². The molecule has 5 aliphatic rings. The lowest BCUT2D eigenvalue weighted by Crippen LogP contribution is -2.75. The molecule has 0 aromatic carbocycles. The van der Waals surface area contributed by atoms with Crippen LogP contribution in [0, 0.1) is 29.1 Å². The van der Waals surface area contributed by atoms with Gasteiger partial charge in [0.25, 0.3) is 0 Å². The molecule has 0 N–H and O–H groups in total. The van der Waals surface area contributed by atoms with Crippen LogP contribution in [0.1, 0.15) is 84.5 Å². The van der Waals surface area contributed by atoms with E-state index in [0.29, 0.717) is 11.0 Å². The van der Waals surface area contributed by atoms with E-state index in [1.807, 2.05) is 0 Å². The smallest absolute Gasteiger partial charge is 0.139 e. The van der Waals surface area contributed by atoms with Gasteiger partial charge in [-0.3, -0.25) is 0 Å². The first kappa shape index (κ1) is 19.9. The number of hydrogen-bond donors (Lipinski definition) is 0. The van der Waals surface area contributed by atoms with Crippen LogP contribution >= 0.6 is 0 Å². The highest BCUT2D eigenvalue weighted by Crippen LogP contribution is 2.64. The molecule has 0 radical (unpaired) electrons. The molecule has 5 unspecified atom stereocenters. The highest BCUT2D eigenvalue weighted by atomic mass is 15.5. The number of nitrogens with zero attached hydrogens (tertiary/aromatic N) is 2. The van der Waals surface area contributed by atoms with Crippen molar-refractivity contribution in [2.75, 3.05) is 40.8 Å². The molecule has 0 aromatic rings. The second-order valence-electron chi connectivity index (χ2n) is 13.2. The van der Waals surface area contributed by atoms with Gasteiger partial charge >= 0.3 is 0 Å². The third kappa shape index (κ3) is 2.65. The van der Waals surface area contributed by atoms with Crippen molar-refractivity contribution in [1.29, 1.82) is 0 Å². The first-order chi connectivity index (χ1) is 13.2. The topological polar surface area (TPSA) is 0 Å². The molecule has 28 heavy (non-hydrogen) atoms. The Morgan fingerprint density at radius 2 is 1.50 bits per heavy atom. The van der Waals surface area contributed by atoms with E-state index in [0.717, 1.165) is 29.7 Å². The average Bonchev–Trinajstić information content (AvgIpc) is 3.09. The Labute approximate surface area is 175 Å². The molecule has 2 heteroatoms. The molecule has 2 nitrogen and oxygen atoms in total. The maximum Gasteiger partial charge on any atom is 0.139 e. The Kier molecular flexibility index (Phi) is 4.58. The van der Waals surface area contributed by atoms with E-state index in [4.69, 9.17) is 0 Å². The van der Waals surface area contributed by atoms with E-state index in [1.165, 1.54) is 80.0 Å². The zero-order chi connectivity index (χ0) is 19.8. The molecule has 0 amide bonds. The number of quaternary nitrogens is 2. The third-order valence-electron chi connectivity index (χ3n) is 12.0. The van der Waals surface area contributed by atoms with Crippen molar-refractivity contribution in [3.05, 3.63) is 0 Å². The van der Waals surface area contributed by atoms with Gasteiger partial charge in [-0.15, -0.1) is 0 Å². The summed E-state index contributed by atoms with van der Waals surface area (Å²) < 4.78 is 2.69. The first-order valence-electron chi connectivity index (χ1n) is 12.9. The zero-order valence-corrected chi connectivity index (χ0v) is 19.7. The van der Waals surface area contributed by atoms with Crippen LogP contribution in [0.4, 0.5) is 0 Å². The standard InChI is InChI=1S/C26H48N2/c1-25-14-7-6-10-20(25)11-12-22-23(25)13-15-26(2)24(22)18-21(19-27(26,3)4)28(5)16-8-9-17-28/h20-24H,6-19H2,1-5H3/q+2/t20?,21-,22?,23?,24+,25?,26?/m1/s1. The minimum atomic E-state index is 0.522. The van der Waals surface area contributed by atoms with Gasteiger partial charge in [0.2, 0.25) is 0 Å². The molecule has 2 heterocycles. The Morgan fingerprint density at radius 1 is 0.750 bits per heavy atom. The molecular weight excluding hydrogens is 340 g/mol. The fraction of sp³-hybridized carbons (Fsp3) is 1.00. The molecule has 7 atom stereocenters. The van der Waals surface area contributed by atoms with Crippen LogP contribution in [-0.4, -0.2) is 61.3 Å². The van der Waals surface area contributed by atoms with Crippen LogP contribution in [0.15, 0.2) is 0 Å². The van der Waals surface area contributed by atoms with E-state index in [1.54, 1.807) is 19.3 Å². The summed E-state index contributed by atoms with van der Waals surface area (Å²) in [4.78, 5) is 0. The normalized spacial score (nSPS) is 52.4. The number of fused-ring (bicyclic) bond motifs is 5. The summed E-state index contributed by atoms with van der Waals surface area (Å²) in [6.45, 7) is 9.76. The van der Waals surface area contributed by atoms with Crippen LogP contribution < -0.4 is 0 Å². The van der Waals surface area contributed by atoms with E-state index >= 15 is 0 Å². The summed E-state index contributed by atoms with van der Waals surface area (Å²) in [6.07, 6.45) is 16.7. The Bertz CT molecular complexity index is 606. The van der Waals surface area contributed by atoms with Gasteiger partial charge < -0.3 is 8.97 Å². The fourth-order valence-corrected chi connectivity index (χ4v) is 9.75. The fourth-order valence-electron chi connectivity index (χ4n) is 9.75. The van der Waals surface area contributed by atoms with Crippen molar-refractivity contribution >= 4 is 0 Å². The monoisotopic (exact) mass is 388 g/mol. The lowest BCUT2D eigenvalue weighted by Gasteiger charge is -2.66. The van der Waals surface area contributed by atoms with Crippen molar-refractivity contribution < 1.29 is 8.97 Å². The zero-order valence-electron chi connectivity index (χ0n) is 19.7. The molecule has 0 aromatic heterocycles. The second kappa shape index (κ2) is 6.46. The van der Waals surface area contributed by atoms with E-state index in [9.17, 15) is 0 Å². The Morgan fingerprint density at radius 3 is 2.25 bits per heavy atom. The summed E-state index contributed by atoms with van der Waals surface area (Å²) in [5.74, 6) is 4.08. The molecule has 5 fully saturated rings. The van der Waals surface area contributed by atoms with Gasteiger partial charge in [-0.05, 0) is 62.2 Å². The lowest BCUT2D eigenvalue weighted by atomic mass is 9.45. The van der Waals surface area contributed by atoms with Gasteiger partial charge in [-0.25, -0.2) is 0 Å². The molecule has 0 bridgehead atoms. The second-order valence-corrected chi connectivity index (χ2v) is 13.2. The van der Waals surface area contributed by atoms with Crippen LogP contribution in [0.3, 0.4) is 0 Å². The van der Waals surface area contributed by atoms with Gasteiger partial charge in [0.05, 0.1) is 39.8 Å². The predicted octanol–water partition coefficient (Wildman–Crippen LogP) is 5.47. The minimum absolute atomic E-state index is 0.522. The van der Waals surface area contributed by atoms with E-state index < -0.39 is 0 Å². The lowest BCUT2D eigenvalue weighted by molar-refractivity contribution is -1.01. The number of likely N-dealkylation sites (N-methyl/N-ethyl adjacent to an activating group) is 2. The quantitative estimate of drug-likeness (QED) is 0.523. The summed E-state index contributed by atoms with van der Waals surface area (Å²) in [7, 11) is 7.82. The maximum atomic E-state index is 2.74. The van der Waals surface area contributed by atoms with Crippen LogP contribution in [0.2, 0.25) is 0 Å². The molecule has 2 saturated heterocycles. The molecule has 2 aliphatic heterocycles. The number of piperidine rings is 1. The van der Waals surface area contributed by atoms with Crippen molar-refractivity contribution in [3.8, 4) is 0 Å². The number of hydrogen-bond acceptors (Lipinski definition) is 0. The Hall–Kier alpha value is -0.0800. The number of rotatable bonds is 1. The van der Waals surface area contributed by atoms with E-state index in [2.05, 4.69) is 35.0 Å². The number of likely N-dealkylation sites (tertiary alicyclic amines) is 2. The highest BCUT2D eigenvalue weighted by molar-refractivity contribution is 5.07. The molecule has 3 aliphatic carbocycles. The van der Waals surface area contributed by atoms with Crippen LogP contribution in [0.5, 0.6) is 0 Å². The molecule has 0 spiro atoms. The summed E-state index contributed by atoms with van der Waals surface area (Å²) in [5.41, 5.74) is 1.20. The molecular formula is C26H48N2+2. The van der Waals surface area contributed by atoms with Gasteiger partial charge in [-0.2, -0.15) is 0 Å². The van der Waals surface area contributed by atoms with Crippen molar-refractivity contribution in [1.82, 2.24) is 0 Å². The molecule has 3 saturated carbocycles. The minimum Gasteiger partial charge on any atom is -0.319 e. The predicted molar refractivity (Wildman–Crippen MR) is 118 cm³/mol. The average molecular weight is 389 g/mol. The summed E-state index contributed by atoms with van der Waals surface area (Å²) in [6, 6.07) is 0.909. The summed E-state index contributed by atoms with van der Waals surface area (Å²) >= 11 is 0. The first-order valence-corrected chi connectivity index (χ1v) is 12.9. The van der Waals surface area contributed by atoms with Crippen LogP contribution in [-0.2, 0) is 0 Å². The van der Waals surface area contributed by atoms with Gasteiger partial charge in [0, 0.05) is 31.6 Å². The molecule has 5 rings (SSSR count). The van der Waals surface area contributed by atoms with Crippen molar-refractivity contribution in [3.63, 3.8) is 0 Å². The molecule has 160 valence electrons. The third-order valence-corrected chi connectivity index (χ3v) is 12.0. The highest BCUT2D eigenvalue weighted by Gasteiger charge is 2.64. The Balaban J connectivity index is 1.48. The van der Waals surface area contributed by atoms with Gasteiger partial charge in [0.15, 0.2) is 0 Å². The van der Waals surface area contributed by atoms with E-state index in [-0.39, 0.29) is 0 Å². The van der Waals surface area contributed by atoms with Gasteiger partial charge in [0.1, 0.15) is 12.6 Å². The maximum absolute atomic E-state index is 2.74. The van der Waals surface area contributed by atoms with Gasteiger partial charge in [-0.1, -0.05) is 19.8 Å². The summed E-state index contributed by atoms with van der Waals surface area (Å²) in [5, 5.41) is 0. The SMILES string of the molecule is CC12CCCCC1CCC1C2CCC2(C)[C@H]1C[C@@H]([N+]1(C)CCCC1)C[N+]2(C)C. The van der Waals surface area contributed by atoms with Crippen molar-refractivity contribution in [2.45, 2.75) is 96.1 Å². The largest absolute Gasteiger partial charge is 0.319 e.